The Kier molecular flexibility index (Phi) is 27.1. The minimum atomic E-state index is -0.877. The van der Waals surface area contributed by atoms with E-state index in [1.165, 1.54) is 63.7 Å². The normalized spacial score (nSPS) is 10.3. The zero-order valence-corrected chi connectivity index (χ0v) is 51.5. The van der Waals surface area contributed by atoms with E-state index < -0.39 is 31.7 Å². The average Bonchev–Trinajstić information content (AvgIpc) is 3.54. The van der Waals surface area contributed by atoms with Crippen molar-refractivity contribution in [2.45, 2.75) is 0 Å². The van der Waals surface area contributed by atoms with E-state index in [9.17, 15) is 0 Å². The van der Waals surface area contributed by atoms with Gasteiger partial charge in [0.15, 0.2) is 0 Å². The molecule has 0 fully saturated rings. The van der Waals surface area contributed by atoms with Gasteiger partial charge in [-0.1, -0.05) is 218 Å². The summed E-state index contributed by atoms with van der Waals surface area (Å²) in [6.45, 7) is 0. The fraction of sp³-hybridized carbons (Fsp3) is 0.0137. The molecule has 0 amide bonds. The van der Waals surface area contributed by atoms with E-state index in [1.807, 2.05) is 0 Å². The topological polar surface area (TPSA) is 0 Å². The van der Waals surface area contributed by atoms with Gasteiger partial charge in [0.05, 0.1) is 37.0 Å². The summed E-state index contributed by atoms with van der Waals surface area (Å²) >= 11 is 9.53. The van der Waals surface area contributed by atoms with Crippen LogP contribution in [-0.4, -0.2) is 5.34 Å². The van der Waals surface area contributed by atoms with Crippen LogP contribution in [-0.2, 0) is 20.4 Å². The van der Waals surface area contributed by atoms with Gasteiger partial charge in [0.25, 0.3) is 0 Å². The maximum Gasteiger partial charge on any atom is 0.102 e. The zero-order valence-electron chi connectivity index (χ0n) is 44.4. The summed E-state index contributed by atoms with van der Waals surface area (Å²) in [7, 11) is -3.51. The number of rotatable bonds is 12. The molecule has 80 heavy (non-hydrogen) atoms. The molecule has 398 valence electrons. The molecule has 0 saturated carbocycles. The minimum Gasteiger partial charge on any atom is -0.109 e. The van der Waals surface area contributed by atoms with Gasteiger partial charge in [-0.2, -0.15) is 0 Å². The summed E-state index contributed by atoms with van der Waals surface area (Å²) in [6.07, 6.45) is 0. The fourth-order valence-corrected chi connectivity index (χ4v) is 19.6. The first-order chi connectivity index (χ1) is 39.2. The molecule has 0 bridgehead atoms. The van der Waals surface area contributed by atoms with Crippen molar-refractivity contribution >= 4 is 119 Å². The second-order valence-electron chi connectivity index (χ2n) is 18.0. The van der Waals surface area contributed by atoms with Gasteiger partial charge >= 0.3 is 0 Å². The minimum absolute atomic E-state index is 0. The smallest absolute Gasteiger partial charge is 0.102 e. The molecule has 0 aliphatic rings. The molecule has 0 aliphatic carbocycles. The standard InChI is InChI=1S/4C18H15P.CH2Cl2.Pd/c4*1-4-10-16(11-5-1)19(17-12-6-2-7-13-17)18-14-8-3-9-15-18;2-1-3;/h4*1-15H;1H2;/p+4. The van der Waals surface area contributed by atoms with Gasteiger partial charge in [0.1, 0.15) is 63.7 Å². The van der Waals surface area contributed by atoms with Crippen molar-refractivity contribution in [2.75, 3.05) is 5.34 Å². The molecule has 0 aromatic heterocycles. The third-order valence-electron chi connectivity index (χ3n) is 12.7. The Hall–Kier alpha value is -6.40. The molecule has 0 N–H and O–H groups in total. The van der Waals surface area contributed by atoms with Crippen molar-refractivity contribution in [2.24, 2.45) is 0 Å². The third kappa shape index (κ3) is 18.9. The van der Waals surface area contributed by atoms with Crippen LogP contribution in [0.5, 0.6) is 0 Å². The van der Waals surface area contributed by atoms with Gasteiger partial charge < -0.3 is 0 Å². The SMILES string of the molecule is ClCCl.[Pd].c1ccc([PH+](c2ccccc2)c2ccccc2)cc1.c1ccc([PH+](c2ccccc2)c2ccccc2)cc1.c1ccc([PH+](c2ccccc2)c2ccccc2)cc1.c1ccc([PH+](c2ccccc2)c2ccccc2)cc1. The summed E-state index contributed by atoms with van der Waals surface area (Å²) in [5, 5.41) is 17.4. The molecule has 0 nitrogen and oxygen atoms in total. The molecule has 12 rings (SSSR count). The molecule has 0 spiro atoms. The first kappa shape index (κ1) is 61.2. The maximum absolute atomic E-state index is 4.76. The molecule has 0 unspecified atom stereocenters. The number of hydrogen-bond acceptors (Lipinski definition) is 0. The van der Waals surface area contributed by atoms with Crippen LogP contribution < -0.4 is 63.7 Å². The Balaban J connectivity index is 0.000000151. The Morgan fingerprint density at radius 2 is 0.212 bits per heavy atom. The van der Waals surface area contributed by atoms with Crippen LogP contribution in [0.2, 0.25) is 0 Å². The summed E-state index contributed by atoms with van der Waals surface area (Å²) < 4.78 is 0. The van der Waals surface area contributed by atoms with E-state index in [-0.39, 0.29) is 25.8 Å². The van der Waals surface area contributed by atoms with Crippen molar-refractivity contribution in [3.05, 3.63) is 364 Å². The van der Waals surface area contributed by atoms with Crippen molar-refractivity contribution < 1.29 is 20.4 Å². The first-order valence-corrected chi connectivity index (χ1v) is 33.5. The monoisotopic (exact) mass is 1240 g/mol. The van der Waals surface area contributed by atoms with Crippen LogP contribution >= 0.6 is 54.9 Å². The van der Waals surface area contributed by atoms with Gasteiger partial charge in [0.2, 0.25) is 0 Å². The summed E-state index contributed by atoms with van der Waals surface area (Å²) in [5.74, 6) is 0. The van der Waals surface area contributed by atoms with Crippen molar-refractivity contribution in [1.29, 1.82) is 0 Å². The van der Waals surface area contributed by atoms with Gasteiger partial charge in [-0.25, -0.2) is 0 Å². The molecule has 7 heteroatoms. The van der Waals surface area contributed by atoms with Crippen molar-refractivity contribution in [3.8, 4) is 0 Å². The van der Waals surface area contributed by atoms with Gasteiger partial charge in [-0.05, 0) is 146 Å². The number of hydrogen-bond donors (Lipinski definition) is 0. The number of benzene rings is 12. The number of halogens is 2. The Morgan fingerprint density at radius 3 is 0.275 bits per heavy atom. The molecule has 0 radical (unpaired) electrons. The summed E-state index contributed by atoms with van der Waals surface area (Å²) in [4.78, 5) is 0. The van der Waals surface area contributed by atoms with E-state index in [2.05, 4.69) is 364 Å². The maximum atomic E-state index is 4.76. The Morgan fingerprint density at radius 1 is 0.150 bits per heavy atom. The van der Waals surface area contributed by atoms with E-state index in [1.54, 1.807) is 0 Å². The summed E-state index contributed by atoms with van der Waals surface area (Å²) in [5.41, 5.74) is 0. The largest absolute Gasteiger partial charge is 0.109 e. The Bertz CT molecular complexity index is 2610. The molecule has 0 saturated heterocycles. The van der Waals surface area contributed by atoms with Crippen LogP contribution in [0.15, 0.2) is 364 Å². The van der Waals surface area contributed by atoms with Crippen molar-refractivity contribution in [3.63, 3.8) is 0 Å². The molecular formula is C73H66Cl2P4Pd+4. The third-order valence-corrected chi connectivity index (χ3v) is 23.7. The predicted octanol–water partition coefficient (Wildman–Crippen LogP) is 14.1. The van der Waals surface area contributed by atoms with Crippen LogP contribution in [0.3, 0.4) is 0 Å². The molecule has 12 aromatic rings. The molecule has 0 aliphatic heterocycles. The first-order valence-electron chi connectivity index (χ1n) is 26.5. The van der Waals surface area contributed by atoms with E-state index >= 15 is 0 Å². The number of alkyl halides is 2. The average molecular weight is 1240 g/mol. The van der Waals surface area contributed by atoms with Crippen molar-refractivity contribution in [1.82, 2.24) is 0 Å². The van der Waals surface area contributed by atoms with Crippen LogP contribution in [0, 0.1) is 0 Å². The quantitative estimate of drug-likeness (QED) is 0.0650. The van der Waals surface area contributed by atoms with E-state index in [4.69, 9.17) is 23.2 Å². The van der Waals surface area contributed by atoms with E-state index in [0.29, 0.717) is 0 Å². The molecular weight excluding hydrogens is 1180 g/mol. The van der Waals surface area contributed by atoms with Gasteiger partial charge in [-0.15, -0.1) is 23.2 Å². The van der Waals surface area contributed by atoms with Gasteiger partial charge in [-0.3, -0.25) is 0 Å². The zero-order chi connectivity index (χ0) is 54.4. The second-order valence-corrected chi connectivity index (χ2v) is 28.7. The fourth-order valence-electron chi connectivity index (χ4n) is 9.26. The predicted molar refractivity (Wildman–Crippen MR) is 363 cm³/mol. The van der Waals surface area contributed by atoms with Crippen LogP contribution in [0.25, 0.3) is 0 Å². The van der Waals surface area contributed by atoms with Gasteiger partial charge in [0, 0.05) is 20.4 Å². The molecule has 0 atom stereocenters. The van der Waals surface area contributed by atoms with Crippen LogP contribution in [0.1, 0.15) is 0 Å². The molecule has 0 heterocycles. The van der Waals surface area contributed by atoms with E-state index in [0.717, 1.165) is 0 Å². The second kappa shape index (κ2) is 35.4. The summed E-state index contributed by atoms with van der Waals surface area (Å²) in [6, 6.07) is 130. The Labute approximate surface area is 504 Å². The molecule has 12 aromatic carbocycles. The van der Waals surface area contributed by atoms with Crippen LogP contribution in [0.4, 0.5) is 0 Å².